The van der Waals surface area contributed by atoms with E-state index >= 15 is 0 Å². The fourth-order valence-corrected chi connectivity index (χ4v) is 4.00. The Morgan fingerprint density at radius 2 is 1.56 bits per heavy atom. The van der Waals surface area contributed by atoms with E-state index in [-0.39, 0.29) is 16.4 Å². The second kappa shape index (κ2) is 11.9. The third-order valence-corrected chi connectivity index (χ3v) is 6.10. The number of methoxy groups -OCH3 is 3. The SMILES string of the molecule is CCOc1cc(/C=N/NS(=O)(=O)c2ccc(OC)cc2OC)ccc1OC(=O)c1ccc(OC)cc1. The number of hydrogen-bond donors (Lipinski definition) is 1. The number of hydrazone groups is 1. The highest BCUT2D eigenvalue weighted by atomic mass is 32.2. The highest BCUT2D eigenvalue weighted by Crippen LogP contribution is 2.30. The van der Waals surface area contributed by atoms with Gasteiger partial charge < -0.3 is 23.7 Å². The lowest BCUT2D eigenvalue weighted by molar-refractivity contribution is 0.0728. The molecule has 0 saturated heterocycles. The van der Waals surface area contributed by atoms with Crippen molar-refractivity contribution in [2.75, 3.05) is 27.9 Å². The van der Waals surface area contributed by atoms with E-state index in [1.54, 1.807) is 43.3 Å². The molecular formula is C25H26N2O8S. The zero-order valence-electron chi connectivity index (χ0n) is 20.2. The van der Waals surface area contributed by atoms with Crippen LogP contribution in [0, 0.1) is 0 Å². The summed E-state index contributed by atoms with van der Waals surface area (Å²) < 4.78 is 51.8. The number of ether oxygens (including phenoxy) is 5. The van der Waals surface area contributed by atoms with Gasteiger partial charge in [-0.25, -0.2) is 4.79 Å². The van der Waals surface area contributed by atoms with Crippen molar-refractivity contribution in [2.24, 2.45) is 5.10 Å². The van der Waals surface area contributed by atoms with Gasteiger partial charge in [0.2, 0.25) is 0 Å². The summed E-state index contributed by atoms with van der Waals surface area (Å²) in [7, 11) is 0.341. The van der Waals surface area contributed by atoms with E-state index in [0.29, 0.717) is 35.0 Å². The molecule has 11 heteroatoms. The number of nitrogens with zero attached hydrogens (tertiary/aromatic N) is 1. The van der Waals surface area contributed by atoms with Crippen LogP contribution in [0.3, 0.4) is 0 Å². The van der Waals surface area contributed by atoms with Gasteiger partial charge >= 0.3 is 5.97 Å². The predicted molar refractivity (Wildman–Crippen MR) is 133 cm³/mol. The van der Waals surface area contributed by atoms with E-state index in [0.717, 1.165) is 0 Å². The Morgan fingerprint density at radius 1 is 0.861 bits per heavy atom. The molecule has 0 radical (unpaired) electrons. The second-order valence-corrected chi connectivity index (χ2v) is 8.76. The first-order valence-electron chi connectivity index (χ1n) is 10.7. The summed E-state index contributed by atoms with van der Waals surface area (Å²) in [6.45, 7) is 2.10. The van der Waals surface area contributed by atoms with Crippen LogP contribution in [0.25, 0.3) is 0 Å². The number of carbonyl (C=O) groups excluding carboxylic acids is 1. The van der Waals surface area contributed by atoms with Crippen molar-refractivity contribution >= 4 is 22.2 Å². The maximum absolute atomic E-state index is 12.7. The number of esters is 1. The first-order chi connectivity index (χ1) is 17.3. The number of nitrogens with one attached hydrogen (secondary N) is 1. The van der Waals surface area contributed by atoms with Crippen molar-refractivity contribution in [3.8, 4) is 28.7 Å². The molecule has 0 atom stereocenters. The van der Waals surface area contributed by atoms with Gasteiger partial charge in [-0.05, 0) is 67.1 Å². The van der Waals surface area contributed by atoms with Crippen molar-refractivity contribution in [3.05, 3.63) is 71.8 Å². The van der Waals surface area contributed by atoms with Crippen LogP contribution < -0.4 is 28.5 Å². The highest BCUT2D eigenvalue weighted by Gasteiger charge is 2.19. The summed E-state index contributed by atoms with van der Waals surface area (Å²) in [6, 6.07) is 15.5. The van der Waals surface area contributed by atoms with E-state index in [2.05, 4.69) is 9.93 Å². The Morgan fingerprint density at radius 3 is 2.19 bits per heavy atom. The molecule has 0 spiro atoms. The summed E-state index contributed by atoms with van der Waals surface area (Å²) >= 11 is 0. The molecule has 36 heavy (non-hydrogen) atoms. The first-order valence-corrected chi connectivity index (χ1v) is 12.2. The van der Waals surface area contributed by atoms with Crippen LogP contribution >= 0.6 is 0 Å². The standard InChI is InChI=1S/C25H26N2O8S/c1-5-34-22-14-17(6-12-21(22)35-25(28)18-7-9-19(31-2)10-8-18)16-26-27-36(29,30)24-13-11-20(32-3)15-23(24)33-4/h6-16,27H,5H2,1-4H3/b26-16+. The molecule has 0 bridgehead atoms. The summed E-state index contributed by atoms with van der Waals surface area (Å²) in [4.78, 5) is 14.6. The second-order valence-electron chi connectivity index (χ2n) is 7.13. The van der Waals surface area contributed by atoms with Gasteiger partial charge in [-0.15, -0.1) is 0 Å². The summed E-state index contributed by atoms with van der Waals surface area (Å²) in [5.41, 5.74) is 0.847. The lowest BCUT2D eigenvalue weighted by Crippen LogP contribution is -2.19. The minimum absolute atomic E-state index is 0.0984. The first kappa shape index (κ1) is 26.4. The van der Waals surface area contributed by atoms with E-state index in [1.807, 2.05) is 0 Å². The Balaban J connectivity index is 1.76. The Labute approximate surface area is 209 Å². The molecule has 3 aromatic rings. The third kappa shape index (κ3) is 6.45. The van der Waals surface area contributed by atoms with Gasteiger partial charge in [0.15, 0.2) is 11.5 Å². The van der Waals surface area contributed by atoms with Crippen LogP contribution in [0.2, 0.25) is 0 Å². The minimum atomic E-state index is -4.02. The van der Waals surface area contributed by atoms with E-state index in [4.69, 9.17) is 23.7 Å². The van der Waals surface area contributed by atoms with Gasteiger partial charge in [-0.1, -0.05) is 0 Å². The maximum Gasteiger partial charge on any atom is 0.343 e. The summed E-state index contributed by atoms with van der Waals surface area (Å²) in [5.74, 6) is 1.11. The van der Waals surface area contributed by atoms with Crippen molar-refractivity contribution in [3.63, 3.8) is 0 Å². The van der Waals surface area contributed by atoms with Crippen LogP contribution in [0.5, 0.6) is 28.7 Å². The average Bonchev–Trinajstić information content (AvgIpc) is 2.89. The Kier molecular flexibility index (Phi) is 8.74. The third-order valence-electron chi connectivity index (χ3n) is 4.84. The predicted octanol–water partition coefficient (Wildman–Crippen LogP) is 3.64. The van der Waals surface area contributed by atoms with Gasteiger partial charge in [0, 0.05) is 6.07 Å². The maximum atomic E-state index is 12.7. The number of carbonyl (C=O) groups is 1. The van der Waals surface area contributed by atoms with Crippen molar-refractivity contribution in [1.29, 1.82) is 0 Å². The number of benzene rings is 3. The molecule has 3 aromatic carbocycles. The molecule has 190 valence electrons. The lowest BCUT2D eigenvalue weighted by atomic mass is 10.2. The molecule has 0 fully saturated rings. The fourth-order valence-electron chi connectivity index (χ4n) is 3.06. The number of sulfonamides is 1. The molecular weight excluding hydrogens is 488 g/mol. The van der Waals surface area contributed by atoms with E-state index in [9.17, 15) is 13.2 Å². The molecule has 0 aliphatic rings. The van der Waals surface area contributed by atoms with E-state index in [1.165, 1.54) is 51.8 Å². The van der Waals surface area contributed by atoms with Gasteiger partial charge in [0.05, 0.1) is 39.7 Å². The van der Waals surface area contributed by atoms with Crippen LogP contribution in [-0.4, -0.2) is 48.5 Å². The van der Waals surface area contributed by atoms with Gasteiger partial charge in [-0.3, -0.25) is 0 Å². The molecule has 10 nitrogen and oxygen atoms in total. The van der Waals surface area contributed by atoms with Crippen molar-refractivity contribution in [1.82, 2.24) is 4.83 Å². The summed E-state index contributed by atoms with van der Waals surface area (Å²) in [5, 5.41) is 3.84. The highest BCUT2D eigenvalue weighted by molar-refractivity contribution is 7.89. The topological polar surface area (TPSA) is 122 Å². The normalized spacial score (nSPS) is 11.1. The lowest BCUT2D eigenvalue weighted by Gasteiger charge is -2.12. The monoisotopic (exact) mass is 514 g/mol. The molecule has 3 rings (SSSR count). The summed E-state index contributed by atoms with van der Waals surface area (Å²) in [6.07, 6.45) is 1.30. The Bertz CT molecular complexity index is 1340. The van der Waals surface area contributed by atoms with E-state index < -0.39 is 16.0 Å². The van der Waals surface area contributed by atoms with Gasteiger partial charge in [0.1, 0.15) is 22.1 Å². The van der Waals surface area contributed by atoms with Crippen LogP contribution in [0.4, 0.5) is 0 Å². The zero-order chi connectivity index (χ0) is 26.1. The molecule has 0 aliphatic heterocycles. The van der Waals surface area contributed by atoms with Crippen LogP contribution in [0.15, 0.2) is 70.7 Å². The molecule has 0 amide bonds. The smallest absolute Gasteiger partial charge is 0.343 e. The zero-order valence-corrected chi connectivity index (χ0v) is 21.0. The molecule has 1 N–H and O–H groups in total. The van der Waals surface area contributed by atoms with Crippen LogP contribution in [0.1, 0.15) is 22.8 Å². The molecule has 0 heterocycles. The number of rotatable bonds is 11. The minimum Gasteiger partial charge on any atom is -0.497 e. The van der Waals surface area contributed by atoms with Gasteiger partial charge in [-0.2, -0.15) is 18.4 Å². The Hall–Kier alpha value is -4.25. The molecule has 0 aliphatic carbocycles. The number of hydrogen-bond acceptors (Lipinski definition) is 9. The molecule has 0 aromatic heterocycles. The van der Waals surface area contributed by atoms with Crippen LogP contribution in [-0.2, 0) is 10.0 Å². The van der Waals surface area contributed by atoms with Crippen molar-refractivity contribution in [2.45, 2.75) is 11.8 Å². The fraction of sp³-hybridized carbons (Fsp3) is 0.200. The quantitative estimate of drug-likeness (QED) is 0.178. The largest absolute Gasteiger partial charge is 0.497 e. The van der Waals surface area contributed by atoms with Crippen molar-refractivity contribution < 1.29 is 36.9 Å². The van der Waals surface area contributed by atoms with Gasteiger partial charge in [0.25, 0.3) is 10.0 Å². The average molecular weight is 515 g/mol. The molecule has 0 saturated carbocycles. The molecule has 0 unspecified atom stereocenters.